The van der Waals surface area contributed by atoms with Crippen LogP contribution >= 0.6 is 0 Å². The van der Waals surface area contributed by atoms with Crippen LogP contribution in [0.5, 0.6) is 11.6 Å². The molecule has 0 saturated heterocycles. The molecule has 0 unspecified atom stereocenters. The maximum Gasteiger partial charge on any atom is 0.251 e. The fraction of sp³-hybridized carbons (Fsp3) is 0.333. The summed E-state index contributed by atoms with van der Waals surface area (Å²) in [5, 5.41) is 7.25. The van der Waals surface area contributed by atoms with Gasteiger partial charge in [-0.05, 0) is 18.2 Å². The first-order chi connectivity index (χ1) is 10.3. The number of aromatic nitrogens is 2. The number of methoxy groups -OCH3 is 1. The number of benzene rings is 1. The highest BCUT2D eigenvalue weighted by Crippen LogP contribution is 2.18. The molecule has 0 radical (unpaired) electrons. The van der Waals surface area contributed by atoms with Gasteiger partial charge in [0.1, 0.15) is 5.75 Å². The fourth-order valence-electron chi connectivity index (χ4n) is 2.24. The SMILES string of the molecule is COc1cccc(C(=O)NCc2cc3n(n2)CCCO3)c1. The van der Waals surface area contributed by atoms with Crippen molar-refractivity contribution in [2.45, 2.75) is 19.5 Å². The van der Waals surface area contributed by atoms with Crippen LogP contribution in [0.15, 0.2) is 30.3 Å². The lowest BCUT2D eigenvalue weighted by Gasteiger charge is -2.13. The van der Waals surface area contributed by atoms with Crippen molar-refractivity contribution in [1.82, 2.24) is 15.1 Å². The topological polar surface area (TPSA) is 65.4 Å². The summed E-state index contributed by atoms with van der Waals surface area (Å²) in [4.78, 5) is 12.1. The van der Waals surface area contributed by atoms with Gasteiger partial charge in [-0.25, -0.2) is 4.68 Å². The minimum Gasteiger partial charge on any atom is -0.497 e. The highest BCUT2D eigenvalue weighted by molar-refractivity contribution is 5.94. The van der Waals surface area contributed by atoms with Crippen LogP contribution in [0, 0.1) is 0 Å². The molecule has 0 bridgehead atoms. The zero-order valence-corrected chi connectivity index (χ0v) is 11.8. The Labute approximate surface area is 122 Å². The van der Waals surface area contributed by atoms with Crippen molar-refractivity contribution in [3.05, 3.63) is 41.6 Å². The monoisotopic (exact) mass is 287 g/mol. The van der Waals surface area contributed by atoms with Crippen molar-refractivity contribution in [3.63, 3.8) is 0 Å². The summed E-state index contributed by atoms with van der Waals surface area (Å²) < 4.78 is 12.4. The second-order valence-electron chi connectivity index (χ2n) is 4.81. The molecule has 2 aromatic rings. The highest BCUT2D eigenvalue weighted by atomic mass is 16.5. The minimum absolute atomic E-state index is 0.152. The molecule has 1 N–H and O–H groups in total. The van der Waals surface area contributed by atoms with E-state index < -0.39 is 0 Å². The lowest BCUT2D eigenvalue weighted by molar-refractivity contribution is 0.0950. The molecule has 6 nitrogen and oxygen atoms in total. The van der Waals surface area contributed by atoms with Crippen molar-refractivity contribution in [1.29, 1.82) is 0 Å². The maximum absolute atomic E-state index is 12.1. The largest absolute Gasteiger partial charge is 0.497 e. The van der Waals surface area contributed by atoms with E-state index in [1.54, 1.807) is 31.4 Å². The van der Waals surface area contributed by atoms with Gasteiger partial charge in [0, 0.05) is 24.6 Å². The molecule has 1 aliphatic rings. The molecule has 3 rings (SSSR count). The Morgan fingerprint density at radius 2 is 2.38 bits per heavy atom. The van der Waals surface area contributed by atoms with E-state index in [-0.39, 0.29) is 5.91 Å². The number of carbonyl (C=O) groups is 1. The van der Waals surface area contributed by atoms with Gasteiger partial charge in [0.15, 0.2) is 0 Å². The number of amides is 1. The zero-order valence-electron chi connectivity index (χ0n) is 11.8. The van der Waals surface area contributed by atoms with E-state index in [2.05, 4.69) is 10.4 Å². The Morgan fingerprint density at radius 3 is 3.19 bits per heavy atom. The Morgan fingerprint density at radius 1 is 1.48 bits per heavy atom. The quantitative estimate of drug-likeness (QED) is 0.927. The van der Waals surface area contributed by atoms with Crippen LogP contribution in [0.4, 0.5) is 0 Å². The molecule has 1 amide bonds. The predicted octanol–water partition coefficient (Wildman–Crippen LogP) is 1.60. The molecule has 0 atom stereocenters. The van der Waals surface area contributed by atoms with Crippen LogP contribution in [-0.4, -0.2) is 29.4 Å². The molecule has 0 fully saturated rings. The first-order valence-corrected chi connectivity index (χ1v) is 6.88. The Hall–Kier alpha value is -2.50. The Balaban J connectivity index is 1.64. The normalized spacial score (nSPS) is 13.2. The summed E-state index contributed by atoms with van der Waals surface area (Å²) >= 11 is 0. The molecule has 110 valence electrons. The number of aryl methyl sites for hydroxylation is 1. The average molecular weight is 287 g/mol. The number of ether oxygens (including phenoxy) is 2. The van der Waals surface area contributed by atoms with Crippen molar-refractivity contribution in [2.24, 2.45) is 0 Å². The van der Waals surface area contributed by atoms with Gasteiger partial charge in [0.2, 0.25) is 5.88 Å². The van der Waals surface area contributed by atoms with Gasteiger partial charge in [-0.1, -0.05) is 6.07 Å². The van der Waals surface area contributed by atoms with Gasteiger partial charge in [-0.2, -0.15) is 5.10 Å². The summed E-state index contributed by atoms with van der Waals surface area (Å²) in [5.74, 6) is 1.28. The van der Waals surface area contributed by atoms with Crippen molar-refractivity contribution >= 4 is 5.91 Å². The molecule has 2 heterocycles. The molecular formula is C15H17N3O3. The van der Waals surface area contributed by atoms with Crippen LogP contribution in [-0.2, 0) is 13.1 Å². The third-order valence-electron chi connectivity index (χ3n) is 3.32. The highest BCUT2D eigenvalue weighted by Gasteiger charge is 2.14. The van der Waals surface area contributed by atoms with Gasteiger partial charge in [-0.15, -0.1) is 0 Å². The molecule has 1 aromatic heterocycles. The molecular weight excluding hydrogens is 270 g/mol. The van der Waals surface area contributed by atoms with Crippen LogP contribution < -0.4 is 14.8 Å². The van der Waals surface area contributed by atoms with E-state index in [0.717, 1.165) is 31.1 Å². The first kappa shape index (κ1) is 13.5. The number of hydrogen-bond acceptors (Lipinski definition) is 4. The fourth-order valence-corrected chi connectivity index (χ4v) is 2.24. The number of nitrogens with one attached hydrogen (secondary N) is 1. The number of rotatable bonds is 4. The zero-order chi connectivity index (χ0) is 14.7. The van der Waals surface area contributed by atoms with Crippen LogP contribution in [0.2, 0.25) is 0 Å². The lowest BCUT2D eigenvalue weighted by Crippen LogP contribution is -2.23. The predicted molar refractivity (Wildman–Crippen MR) is 76.5 cm³/mol. The van der Waals surface area contributed by atoms with Crippen molar-refractivity contribution in [3.8, 4) is 11.6 Å². The van der Waals surface area contributed by atoms with Crippen LogP contribution in [0.1, 0.15) is 22.5 Å². The van der Waals surface area contributed by atoms with Crippen LogP contribution in [0.25, 0.3) is 0 Å². The summed E-state index contributed by atoms with van der Waals surface area (Å²) in [6.07, 6.45) is 0.963. The summed E-state index contributed by atoms with van der Waals surface area (Å²) in [5.41, 5.74) is 1.36. The van der Waals surface area contributed by atoms with E-state index in [0.29, 0.717) is 17.9 Å². The van der Waals surface area contributed by atoms with E-state index in [1.807, 2.05) is 10.7 Å². The second kappa shape index (κ2) is 5.87. The van der Waals surface area contributed by atoms with Gasteiger partial charge in [0.25, 0.3) is 5.91 Å². The van der Waals surface area contributed by atoms with Crippen molar-refractivity contribution < 1.29 is 14.3 Å². The van der Waals surface area contributed by atoms with Gasteiger partial charge >= 0.3 is 0 Å². The van der Waals surface area contributed by atoms with Gasteiger partial charge in [-0.3, -0.25) is 4.79 Å². The number of carbonyl (C=O) groups excluding carboxylic acids is 1. The summed E-state index contributed by atoms with van der Waals surface area (Å²) in [7, 11) is 1.58. The summed E-state index contributed by atoms with van der Waals surface area (Å²) in [6.45, 7) is 1.96. The molecule has 6 heteroatoms. The van der Waals surface area contributed by atoms with E-state index >= 15 is 0 Å². The smallest absolute Gasteiger partial charge is 0.251 e. The Bertz CT molecular complexity index is 628. The lowest BCUT2D eigenvalue weighted by atomic mass is 10.2. The number of nitrogens with zero attached hydrogens (tertiary/aromatic N) is 2. The molecule has 0 aliphatic carbocycles. The standard InChI is InChI=1S/C15H17N3O3/c1-20-13-5-2-4-11(8-13)15(19)16-10-12-9-14-18(17-12)6-3-7-21-14/h2,4-5,8-9H,3,6-7,10H2,1H3,(H,16,19). The third kappa shape index (κ3) is 2.99. The second-order valence-corrected chi connectivity index (χ2v) is 4.81. The Kier molecular flexibility index (Phi) is 3.77. The summed E-state index contributed by atoms with van der Waals surface area (Å²) in [6, 6.07) is 8.91. The average Bonchev–Trinajstić information content (AvgIpc) is 2.95. The molecule has 1 aromatic carbocycles. The van der Waals surface area contributed by atoms with E-state index in [4.69, 9.17) is 9.47 Å². The number of fused-ring (bicyclic) bond motifs is 1. The minimum atomic E-state index is -0.152. The third-order valence-corrected chi connectivity index (χ3v) is 3.32. The molecule has 1 aliphatic heterocycles. The first-order valence-electron chi connectivity index (χ1n) is 6.88. The van der Waals surface area contributed by atoms with Crippen LogP contribution in [0.3, 0.4) is 0 Å². The van der Waals surface area contributed by atoms with Crippen molar-refractivity contribution in [2.75, 3.05) is 13.7 Å². The molecule has 0 spiro atoms. The van der Waals surface area contributed by atoms with Gasteiger partial charge in [0.05, 0.1) is 26.0 Å². The van der Waals surface area contributed by atoms with Gasteiger partial charge < -0.3 is 14.8 Å². The molecule has 21 heavy (non-hydrogen) atoms. The molecule has 0 saturated carbocycles. The number of hydrogen-bond donors (Lipinski definition) is 1. The van der Waals surface area contributed by atoms with E-state index in [9.17, 15) is 4.79 Å². The maximum atomic E-state index is 12.1. The van der Waals surface area contributed by atoms with E-state index in [1.165, 1.54) is 0 Å².